The van der Waals surface area contributed by atoms with Crippen LogP contribution in [-0.4, -0.2) is 74.4 Å². The van der Waals surface area contributed by atoms with E-state index in [1.165, 1.54) is 29.1 Å². The third kappa shape index (κ3) is 5.61. The van der Waals surface area contributed by atoms with E-state index in [2.05, 4.69) is 58.5 Å². The molecule has 10 heteroatoms. The molecule has 200 valence electrons. The first-order valence-corrected chi connectivity index (χ1v) is 14.7. The van der Waals surface area contributed by atoms with Crippen LogP contribution in [0.3, 0.4) is 0 Å². The molecule has 0 atom stereocenters. The number of hydrogen-bond donors (Lipinski definition) is 1. The lowest BCUT2D eigenvalue weighted by Gasteiger charge is -2.36. The fourth-order valence-electron chi connectivity index (χ4n) is 5.00. The maximum absolute atomic E-state index is 12.2. The molecule has 1 fully saturated rings. The molecule has 0 saturated carbocycles. The smallest absolute Gasteiger partial charge is 0.232 e. The SMILES string of the molecule is CN(C)C1CCN(c2ccc(Nc3ncc4ccn(Cc5ccccc5N(C)S(C)(=O)=O)c4n3)cc2)CC1. The number of rotatable bonds is 8. The van der Waals surface area contributed by atoms with Crippen molar-refractivity contribution in [1.29, 1.82) is 0 Å². The number of nitrogens with one attached hydrogen (secondary N) is 1. The Morgan fingerprint density at radius 3 is 2.39 bits per heavy atom. The van der Waals surface area contributed by atoms with Crippen LogP contribution in [0, 0.1) is 0 Å². The quantitative estimate of drug-likeness (QED) is 0.364. The third-order valence-corrected chi connectivity index (χ3v) is 8.55. The van der Waals surface area contributed by atoms with E-state index in [4.69, 9.17) is 4.98 Å². The highest BCUT2D eigenvalue weighted by Crippen LogP contribution is 2.26. The lowest BCUT2D eigenvalue weighted by molar-refractivity contribution is 0.249. The molecule has 3 heterocycles. The fourth-order valence-corrected chi connectivity index (χ4v) is 5.53. The third-order valence-electron chi connectivity index (χ3n) is 7.35. The molecule has 0 unspecified atom stereocenters. The second-order valence-corrected chi connectivity index (χ2v) is 12.1. The lowest BCUT2D eigenvalue weighted by Crippen LogP contribution is -2.41. The average molecular weight is 534 g/mol. The summed E-state index contributed by atoms with van der Waals surface area (Å²) in [4.78, 5) is 14.0. The van der Waals surface area contributed by atoms with Gasteiger partial charge in [0.1, 0.15) is 5.65 Å². The van der Waals surface area contributed by atoms with Crippen LogP contribution in [0.25, 0.3) is 11.0 Å². The van der Waals surface area contributed by atoms with Crippen LogP contribution < -0.4 is 14.5 Å². The monoisotopic (exact) mass is 533 g/mol. The van der Waals surface area contributed by atoms with Gasteiger partial charge >= 0.3 is 0 Å². The molecule has 1 N–H and O–H groups in total. The van der Waals surface area contributed by atoms with Crippen LogP contribution in [0.15, 0.2) is 67.0 Å². The second kappa shape index (κ2) is 10.6. The number of para-hydroxylation sites is 1. The van der Waals surface area contributed by atoms with E-state index in [1.807, 2.05) is 41.1 Å². The maximum Gasteiger partial charge on any atom is 0.232 e. The first kappa shape index (κ1) is 26.0. The van der Waals surface area contributed by atoms with Gasteiger partial charge in [-0.15, -0.1) is 0 Å². The minimum absolute atomic E-state index is 0.481. The van der Waals surface area contributed by atoms with Crippen molar-refractivity contribution in [3.05, 3.63) is 72.6 Å². The minimum Gasteiger partial charge on any atom is -0.371 e. The summed E-state index contributed by atoms with van der Waals surface area (Å²) in [6.07, 6.45) is 7.32. The normalized spacial score (nSPS) is 14.8. The van der Waals surface area contributed by atoms with Crippen molar-refractivity contribution in [2.24, 2.45) is 0 Å². The largest absolute Gasteiger partial charge is 0.371 e. The van der Waals surface area contributed by atoms with E-state index in [0.29, 0.717) is 24.2 Å². The molecule has 2 aromatic heterocycles. The summed E-state index contributed by atoms with van der Waals surface area (Å²) in [5, 5.41) is 4.25. The molecule has 0 amide bonds. The highest BCUT2D eigenvalue weighted by atomic mass is 32.2. The second-order valence-electron chi connectivity index (χ2n) is 10.1. The zero-order valence-corrected chi connectivity index (χ0v) is 23.2. The van der Waals surface area contributed by atoms with Crippen molar-refractivity contribution in [2.45, 2.75) is 25.4 Å². The van der Waals surface area contributed by atoms with Crippen molar-refractivity contribution >= 4 is 44.1 Å². The Morgan fingerprint density at radius 2 is 1.71 bits per heavy atom. The molecule has 5 rings (SSSR count). The Labute approximate surface area is 224 Å². The van der Waals surface area contributed by atoms with Crippen LogP contribution in [0.5, 0.6) is 0 Å². The molecule has 0 radical (unpaired) electrons. The van der Waals surface area contributed by atoms with Crippen LogP contribution in [0.1, 0.15) is 18.4 Å². The van der Waals surface area contributed by atoms with Gasteiger partial charge in [-0.1, -0.05) is 18.2 Å². The van der Waals surface area contributed by atoms with Crippen LogP contribution >= 0.6 is 0 Å². The summed E-state index contributed by atoms with van der Waals surface area (Å²) in [5.41, 5.74) is 4.47. The number of hydrogen-bond acceptors (Lipinski definition) is 7. The topological polar surface area (TPSA) is 86.6 Å². The Bertz CT molecular complexity index is 1510. The van der Waals surface area contributed by atoms with Crippen LogP contribution in [0.2, 0.25) is 0 Å². The molecule has 1 aliphatic rings. The van der Waals surface area contributed by atoms with Crippen molar-refractivity contribution < 1.29 is 8.42 Å². The Hall–Kier alpha value is -3.63. The first-order valence-electron chi connectivity index (χ1n) is 12.8. The molecule has 0 bridgehead atoms. The number of benzene rings is 2. The Kier molecular flexibility index (Phi) is 7.27. The number of fused-ring (bicyclic) bond motifs is 1. The molecule has 0 spiro atoms. The van der Waals surface area contributed by atoms with Crippen molar-refractivity contribution in [2.75, 3.05) is 55.0 Å². The minimum atomic E-state index is -3.37. The van der Waals surface area contributed by atoms with Gasteiger partial charge in [0.25, 0.3) is 0 Å². The highest BCUT2D eigenvalue weighted by molar-refractivity contribution is 7.92. The highest BCUT2D eigenvalue weighted by Gasteiger charge is 2.21. The van der Waals surface area contributed by atoms with Crippen LogP contribution in [0.4, 0.5) is 23.0 Å². The molecule has 1 saturated heterocycles. The van der Waals surface area contributed by atoms with Gasteiger partial charge in [0.15, 0.2) is 0 Å². The average Bonchev–Trinajstić information content (AvgIpc) is 3.30. The molecule has 2 aromatic carbocycles. The number of sulfonamides is 1. The molecule has 0 aliphatic carbocycles. The summed E-state index contributed by atoms with van der Waals surface area (Å²) < 4.78 is 27.6. The van der Waals surface area contributed by atoms with Gasteiger partial charge in [0, 0.05) is 55.3 Å². The van der Waals surface area contributed by atoms with E-state index in [-0.39, 0.29) is 0 Å². The van der Waals surface area contributed by atoms with E-state index < -0.39 is 10.0 Å². The summed E-state index contributed by atoms with van der Waals surface area (Å²) >= 11 is 0. The predicted molar refractivity (Wildman–Crippen MR) is 155 cm³/mol. The first-order chi connectivity index (χ1) is 18.2. The Morgan fingerprint density at radius 1 is 1.00 bits per heavy atom. The van der Waals surface area contributed by atoms with Gasteiger partial charge in [-0.2, -0.15) is 4.98 Å². The number of piperidine rings is 1. The summed E-state index contributed by atoms with van der Waals surface area (Å²) in [5.74, 6) is 0.513. The molecular formula is C28H35N7O2S. The number of anilines is 4. The number of nitrogens with zero attached hydrogens (tertiary/aromatic N) is 6. The van der Waals surface area contributed by atoms with Gasteiger partial charge in [-0.25, -0.2) is 13.4 Å². The van der Waals surface area contributed by atoms with Gasteiger partial charge in [-0.3, -0.25) is 4.31 Å². The predicted octanol–water partition coefficient (Wildman–Crippen LogP) is 4.15. The molecule has 9 nitrogen and oxygen atoms in total. The Balaban J connectivity index is 1.32. The van der Waals surface area contributed by atoms with E-state index in [0.717, 1.165) is 35.4 Å². The van der Waals surface area contributed by atoms with Gasteiger partial charge in [0.2, 0.25) is 16.0 Å². The molecule has 4 aromatic rings. The lowest BCUT2D eigenvalue weighted by atomic mass is 10.0. The molecular weight excluding hydrogens is 498 g/mol. The van der Waals surface area contributed by atoms with Gasteiger partial charge in [0.05, 0.1) is 18.5 Å². The zero-order chi connectivity index (χ0) is 26.9. The van der Waals surface area contributed by atoms with Gasteiger partial charge in [-0.05, 0) is 68.9 Å². The summed E-state index contributed by atoms with van der Waals surface area (Å²) in [7, 11) is 2.52. The summed E-state index contributed by atoms with van der Waals surface area (Å²) in [6.45, 7) is 2.61. The van der Waals surface area contributed by atoms with Crippen LogP contribution in [-0.2, 0) is 16.6 Å². The standard InChI is InChI=1S/C28H35N7O2S/c1-32(2)24-14-17-34(18-15-24)25-11-9-23(10-12-25)30-28-29-19-21-13-16-35(27(21)31-28)20-22-7-5-6-8-26(22)33(3)38(4,36)37/h5-13,16,19,24H,14-15,17-18,20H2,1-4H3,(H,29,30,31). The maximum atomic E-state index is 12.2. The van der Waals surface area contributed by atoms with E-state index in [1.54, 1.807) is 13.2 Å². The number of aromatic nitrogens is 3. The van der Waals surface area contributed by atoms with E-state index >= 15 is 0 Å². The molecule has 38 heavy (non-hydrogen) atoms. The van der Waals surface area contributed by atoms with Crippen molar-refractivity contribution in [1.82, 2.24) is 19.4 Å². The van der Waals surface area contributed by atoms with Crippen molar-refractivity contribution in [3.63, 3.8) is 0 Å². The zero-order valence-electron chi connectivity index (χ0n) is 22.4. The van der Waals surface area contributed by atoms with Gasteiger partial charge < -0.3 is 19.7 Å². The van der Waals surface area contributed by atoms with Crippen molar-refractivity contribution in [3.8, 4) is 0 Å². The molecule has 1 aliphatic heterocycles. The summed E-state index contributed by atoms with van der Waals surface area (Å²) in [6, 6.07) is 18.6. The van der Waals surface area contributed by atoms with E-state index in [9.17, 15) is 8.42 Å². The fraction of sp³-hybridized carbons (Fsp3) is 0.357.